The van der Waals surface area contributed by atoms with Crippen molar-refractivity contribution in [1.29, 1.82) is 0 Å². The summed E-state index contributed by atoms with van der Waals surface area (Å²) in [6.45, 7) is 6.33. The fraction of sp³-hybridized carbons (Fsp3) is 0.667. The van der Waals surface area contributed by atoms with Gasteiger partial charge in [0, 0.05) is 19.3 Å². The molecule has 358 valence electrons. The quantitative estimate of drug-likeness (QED) is 0.0199. The molecule has 0 rings (SSSR count). The van der Waals surface area contributed by atoms with Crippen LogP contribution in [0, 0.1) is 0 Å². The number of hydrogen-bond acceptors (Lipinski definition) is 6. The summed E-state index contributed by atoms with van der Waals surface area (Å²) in [6, 6.07) is 0. The molecule has 0 aromatic carbocycles. The number of unbranched alkanes of at least 4 members (excludes halogenated alkanes) is 20. The first-order valence-corrected chi connectivity index (χ1v) is 25.8. The van der Waals surface area contributed by atoms with Crippen molar-refractivity contribution < 1.29 is 28.6 Å². The molecule has 0 bridgehead atoms. The Morgan fingerprint density at radius 3 is 1.17 bits per heavy atom. The van der Waals surface area contributed by atoms with E-state index < -0.39 is 6.10 Å². The zero-order chi connectivity index (χ0) is 45.8. The largest absolute Gasteiger partial charge is 0.462 e. The summed E-state index contributed by atoms with van der Waals surface area (Å²) in [5.41, 5.74) is 0. The van der Waals surface area contributed by atoms with Gasteiger partial charge < -0.3 is 14.2 Å². The Morgan fingerprint density at radius 1 is 0.349 bits per heavy atom. The third-order valence-corrected chi connectivity index (χ3v) is 10.6. The molecule has 6 heteroatoms. The first-order valence-electron chi connectivity index (χ1n) is 25.8. The second-order valence-corrected chi connectivity index (χ2v) is 16.7. The summed E-state index contributed by atoms with van der Waals surface area (Å²) in [7, 11) is 0. The molecule has 0 aromatic rings. The number of allylic oxidation sites excluding steroid dienone is 16. The topological polar surface area (TPSA) is 78.9 Å². The van der Waals surface area contributed by atoms with E-state index in [9.17, 15) is 14.4 Å². The van der Waals surface area contributed by atoms with Crippen LogP contribution in [0.3, 0.4) is 0 Å². The Labute approximate surface area is 387 Å². The molecule has 63 heavy (non-hydrogen) atoms. The van der Waals surface area contributed by atoms with Crippen LogP contribution in [0.1, 0.15) is 226 Å². The molecule has 0 heterocycles. The van der Waals surface area contributed by atoms with Crippen molar-refractivity contribution in [3.63, 3.8) is 0 Å². The number of carbonyl (C=O) groups excluding carboxylic acids is 3. The van der Waals surface area contributed by atoms with E-state index in [4.69, 9.17) is 14.2 Å². The Kier molecular flexibility index (Phi) is 48.0. The lowest BCUT2D eigenvalue weighted by Gasteiger charge is -2.18. The standard InChI is InChI=1S/C57H94O6/c1-4-7-10-13-16-19-22-25-26-27-28-29-30-33-35-38-41-44-47-50-56(59)62-53-54(63-57(60)51-48-45-42-39-36-32-24-21-18-15-12-9-6-3)52-61-55(58)49-46-43-40-37-34-31-23-20-17-14-11-8-5-2/h7,9-10,12,15-16,18-19,21,24-26,28-29,31,34,54H,4-6,8,11,13-14,17,20,22-23,27,30,32-33,35-53H2,1-3H3/b10-7+,12-9+,18-15+,19-16+,24-21+,26-25+,29-28+,34-31+. The van der Waals surface area contributed by atoms with Gasteiger partial charge >= 0.3 is 17.9 Å². The van der Waals surface area contributed by atoms with Crippen LogP contribution >= 0.6 is 0 Å². The molecule has 1 unspecified atom stereocenters. The number of esters is 3. The van der Waals surface area contributed by atoms with Gasteiger partial charge in [0.25, 0.3) is 0 Å². The molecule has 0 aliphatic carbocycles. The first kappa shape index (κ1) is 59.3. The van der Waals surface area contributed by atoms with Gasteiger partial charge in [0.15, 0.2) is 6.10 Å². The Morgan fingerprint density at radius 2 is 0.698 bits per heavy atom. The lowest BCUT2D eigenvalue weighted by molar-refractivity contribution is -0.167. The van der Waals surface area contributed by atoms with Crippen molar-refractivity contribution in [2.75, 3.05) is 13.2 Å². The van der Waals surface area contributed by atoms with E-state index >= 15 is 0 Å². The van der Waals surface area contributed by atoms with Crippen molar-refractivity contribution in [1.82, 2.24) is 0 Å². The summed E-state index contributed by atoms with van der Waals surface area (Å²) in [4.78, 5) is 38.0. The summed E-state index contributed by atoms with van der Waals surface area (Å²) in [5.74, 6) is -0.953. The number of ether oxygens (including phenoxy) is 3. The van der Waals surface area contributed by atoms with E-state index in [2.05, 4.69) is 118 Å². The van der Waals surface area contributed by atoms with E-state index in [1.807, 2.05) is 0 Å². The number of rotatable bonds is 45. The highest BCUT2D eigenvalue weighted by Crippen LogP contribution is 2.13. The molecule has 0 fully saturated rings. The van der Waals surface area contributed by atoms with E-state index in [-0.39, 0.29) is 31.1 Å². The Balaban J connectivity index is 4.44. The third kappa shape index (κ3) is 49.2. The van der Waals surface area contributed by atoms with Gasteiger partial charge in [-0.15, -0.1) is 0 Å². The molecule has 0 spiro atoms. The summed E-state index contributed by atoms with van der Waals surface area (Å²) in [5, 5.41) is 0. The highest BCUT2D eigenvalue weighted by Gasteiger charge is 2.19. The zero-order valence-corrected chi connectivity index (χ0v) is 40.8. The summed E-state index contributed by atoms with van der Waals surface area (Å²) in [6.07, 6.45) is 66.7. The lowest BCUT2D eigenvalue weighted by Crippen LogP contribution is -2.30. The van der Waals surface area contributed by atoms with Crippen LogP contribution in [0.4, 0.5) is 0 Å². The van der Waals surface area contributed by atoms with E-state index in [0.29, 0.717) is 19.3 Å². The molecule has 6 nitrogen and oxygen atoms in total. The smallest absolute Gasteiger partial charge is 0.306 e. The van der Waals surface area contributed by atoms with Crippen LogP contribution < -0.4 is 0 Å². The molecule has 0 aromatic heterocycles. The fourth-order valence-corrected chi connectivity index (χ4v) is 6.78. The molecule has 1 atom stereocenters. The molecule has 0 saturated heterocycles. The fourth-order valence-electron chi connectivity index (χ4n) is 6.78. The molecule has 0 aliphatic heterocycles. The average molecular weight is 875 g/mol. The van der Waals surface area contributed by atoms with Gasteiger partial charge in [-0.2, -0.15) is 0 Å². The van der Waals surface area contributed by atoms with Crippen LogP contribution in [-0.2, 0) is 28.6 Å². The average Bonchev–Trinajstić information content (AvgIpc) is 3.28. The maximum atomic E-state index is 12.8. The van der Waals surface area contributed by atoms with Crippen LogP contribution in [0.5, 0.6) is 0 Å². The van der Waals surface area contributed by atoms with Crippen molar-refractivity contribution in [3.8, 4) is 0 Å². The molecular weight excluding hydrogens is 781 g/mol. The minimum absolute atomic E-state index is 0.0994. The molecular formula is C57H94O6. The molecule has 0 radical (unpaired) electrons. The summed E-state index contributed by atoms with van der Waals surface area (Å²) < 4.78 is 16.8. The van der Waals surface area contributed by atoms with Crippen LogP contribution in [-0.4, -0.2) is 37.2 Å². The molecule has 0 amide bonds. The Bertz CT molecular complexity index is 1280. The monoisotopic (exact) mass is 875 g/mol. The maximum absolute atomic E-state index is 12.8. The zero-order valence-electron chi connectivity index (χ0n) is 40.8. The summed E-state index contributed by atoms with van der Waals surface area (Å²) >= 11 is 0. The predicted octanol–water partition coefficient (Wildman–Crippen LogP) is 17.0. The second-order valence-electron chi connectivity index (χ2n) is 16.7. The molecule has 0 N–H and O–H groups in total. The lowest BCUT2D eigenvalue weighted by atomic mass is 10.1. The van der Waals surface area contributed by atoms with Crippen molar-refractivity contribution in [3.05, 3.63) is 97.2 Å². The number of hydrogen-bond donors (Lipinski definition) is 0. The predicted molar refractivity (Wildman–Crippen MR) is 270 cm³/mol. The van der Waals surface area contributed by atoms with Gasteiger partial charge in [-0.25, -0.2) is 0 Å². The van der Waals surface area contributed by atoms with Gasteiger partial charge in [0.2, 0.25) is 0 Å². The van der Waals surface area contributed by atoms with E-state index in [1.165, 1.54) is 51.4 Å². The van der Waals surface area contributed by atoms with E-state index in [1.54, 1.807) is 0 Å². The van der Waals surface area contributed by atoms with Crippen molar-refractivity contribution in [2.45, 2.75) is 232 Å². The maximum Gasteiger partial charge on any atom is 0.306 e. The SMILES string of the molecule is CC/C=C/C=C/C=C/CCCCCCCC(=O)OC(COC(=O)CCCCC/C=C/CCCCCCCC)COC(=O)CCCCCCCC/C=C/C/C=C/C/C=C/C/C=C/CC. The van der Waals surface area contributed by atoms with Gasteiger partial charge in [-0.1, -0.05) is 201 Å². The number of carbonyl (C=O) groups is 3. The Hall–Kier alpha value is -3.67. The van der Waals surface area contributed by atoms with Crippen molar-refractivity contribution in [2.24, 2.45) is 0 Å². The second kappa shape index (κ2) is 51.0. The minimum Gasteiger partial charge on any atom is -0.462 e. The van der Waals surface area contributed by atoms with Gasteiger partial charge in [0.05, 0.1) is 0 Å². The minimum atomic E-state index is -0.800. The first-order chi connectivity index (χ1) is 31.0. The van der Waals surface area contributed by atoms with Crippen molar-refractivity contribution >= 4 is 17.9 Å². The third-order valence-electron chi connectivity index (χ3n) is 10.6. The van der Waals surface area contributed by atoms with Crippen LogP contribution in [0.25, 0.3) is 0 Å². The van der Waals surface area contributed by atoms with Gasteiger partial charge in [-0.3, -0.25) is 14.4 Å². The van der Waals surface area contributed by atoms with Crippen LogP contribution in [0.15, 0.2) is 97.2 Å². The highest BCUT2D eigenvalue weighted by molar-refractivity contribution is 5.71. The van der Waals surface area contributed by atoms with Gasteiger partial charge in [0.1, 0.15) is 13.2 Å². The van der Waals surface area contributed by atoms with E-state index in [0.717, 1.165) is 135 Å². The normalized spacial score (nSPS) is 12.9. The highest BCUT2D eigenvalue weighted by atomic mass is 16.6. The molecule has 0 saturated carbocycles. The van der Waals surface area contributed by atoms with Crippen LogP contribution in [0.2, 0.25) is 0 Å². The van der Waals surface area contributed by atoms with Gasteiger partial charge in [-0.05, 0) is 103 Å². The molecule has 0 aliphatic rings.